The van der Waals surface area contributed by atoms with Crippen LogP contribution in [0.3, 0.4) is 0 Å². The van der Waals surface area contributed by atoms with E-state index in [9.17, 15) is 29.9 Å². The fraction of sp³-hybridized carbons (Fsp3) is 0.294. The lowest BCUT2D eigenvalue weighted by atomic mass is 9.97. The summed E-state index contributed by atoms with van der Waals surface area (Å²) in [6, 6.07) is 5.00. The van der Waals surface area contributed by atoms with Gasteiger partial charge in [0.15, 0.2) is 0 Å². The van der Waals surface area contributed by atoms with Gasteiger partial charge in [0.1, 0.15) is 17.9 Å². The van der Waals surface area contributed by atoms with Gasteiger partial charge in [-0.2, -0.15) is 0 Å². The van der Waals surface area contributed by atoms with Gasteiger partial charge in [0.25, 0.3) is 5.69 Å². The molecule has 2 aromatic rings. The summed E-state index contributed by atoms with van der Waals surface area (Å²) in [4.78, 5) is 33.9. The summed E-state index contributed by atoms with van der Waals surface area (Å²) >= 11 is 0. The van der Waals surface area contributed by atoms with Gasteiger partial charge >= 0.3 is 11.9 Å². The Kier molecular flexibility index (Phi) is 4.64. The van der Waals surface area contributed by atoms with Crippen LogP contribution >= 0.6 is 0 Å². The van der Waals surface area contributed by atoms with E-state index in [4.69, 9.17) is 4.74 Å². The van der Waals surface area contributed by atoms with Crippen molar-refractivity contribution in [3.63, 3.8) is 0 Å². The number of carbonyl (C=O) groups excluding carboxylic acids is 1. The summed E-state index contributed by atoms with van der Waals surface area (Å²) in [5, 5.41) is 30.8. The maximum absolute atomic E-state index is 11.9. The van der Waals surface area contributed by atoms with Gasteiger partial charge in [0.2, 0.25) is 0 Å². The first-order valence-electron chi connectivity index (χ1n) is 7.36. The zero-order chi connectivity index (χ0) is 18.9. The van der Waals surface area contributed by atoms with E-state index in [2.05, 4.69) is 0 Å². The first-order chi connectivity index (χ1) is 11.5. The maximum atomic E-state index is 11.9. The molecule has 8 heteroatoms. The largest absolute Gasteiger partial charge is 0.507 e. The number of hydrogen-bond acceptors (Lipinski definition) is 6. The van der Waals surface area contributed by atoms with Crippen molar-refractivity contribution in [2.45, 2.75) is 27.4 Å². The number of carboxylic acids is 1. The van der Waals surface area contributed by atoms with Gasteiger partial charge in [-0.05, 0) is 38.3 Å². The number of nitro groups is 1. The van der Waals surface area contributed by atoms with Gasteiger partial charge < -0.3 is 14.9 Å². The van der Waals surface area contributed by atoms with Gasteiger partial charge in [-0.1, -0.05) is 6.07 Å². The van der Waals surface area contributed by atoms with Crippen molar-refractivity contribution in [1.29, 1.82) is 0 Å². The molecular weight excluding hydrogens is 330 g/mol. The summed E-state index contributed by atoms with van der Waals surface area (Å²) < 4.78 is 5.11. The number of ether oxygens (including phenoxy) is 1. The fourth-order valence-corrected chi connectivity index (χ4v) is 2.26. The van der Waals surface area contributed by atoms with Crippen LogP contribution in [0.15, 0.2) is 24.3 Å². The van der Waals surface area contributed by atoms with Gasteiger partial charge in [-0.15, -0.1) is 0 Å². The third-order valence-electron chi connectivity index (χ3n) is 3.58. The van der Waals surface area contributed by atoms with Crippen molar-refractivity contribution in [2.24, 2.45) is 5.41 Å². The van der Waals surface area contributed by atoms with Crippen molar-refractivity contribution in [3.05, 3.63) is 45.5 Å². The summed E-state index contributed by atoms with van der Waals surface area (Å²) in [7, 11) is 0. The molecule has 132 valence electrons. The van der Waals surface area contributed by atoms with Crippen LogP contribution in [0.1, 0.15) is 36.7 Å². The molecule has 0 radical (unpaired) electrons. The molecule has 2 N–H and O–H groups in total. The van der Waals surface area contributed by atoms with Crippen LogP contribution in [-0.2, 0) is 16.1 Å². The van der Waals surface area contributed by atoms with Crippen molar-refractivity contribution < 1.29 is 29.5 Å². The molecule has 2 aromatic carbocycles. The first-order valence-corrected chi connectivity index (χ1v) is 7.36. The van der Waals surface area contributed by atoms with E-state index >= 15 is 0 Å². The molecular formula is C17H17NO7. The number of nitro benzene ring substituents is 1. The minimum absolute atomic E-state index is 0.0446. The second-order valence-electron chi connectivity index (χ2n) is 6.55. The molecule has 0 amide bonds. The van der Waals surface area contributed by atoms with E-state index < -0.39 is 28.0 Å². The highest BCUT2D eigenvalue weighted by Gasteiger charge is 2.25. The van der Waals surface area contributed by atoms with E-state index in [1.54, 1.807) is 20.8 Å². The molecule has 0 fully saturated rings. The third kappa shape index (κ3) is 3.68. The monoisotopic (exact) mass is 347 g/mol. The molecule has 0 atom stereocenters. The van der Waals surface area contributed by atoms with Crippen LogP contribution in [0.2, 0.25) is 0 Å². The van der Waals surface area contributed by atoms with Gasteiger partial charge in [0.05, 0.1) is 15.9 Å². The van der Waals surface area contributed by atoms with Gasteiger partial charge in [-0.3, -0.25) is 14.9 Å². The Morgan fingerprint density at radius 1 is 1.24 bits per heavy atom. The zero-order valence-electron chi connectivity index (χ0n) is 13.9. The summed E-state index contributed by atoms with van der Waals surface area (Å²) in [6.07, 6.45) is 0. The number of nitrogens with zero attached hydrogens (tertiary/aromatic N) is 1. The highest BCUT2D eigenvalue weighted by atomic mass is 16.6. The van der Waals surface area contributed by atoms with Gasteiger partial charge in [-0.25, -0.2) is 4.79 Å². The Hall–Kier alpha value is -3.16. The summed E-state index contributed by atoms with van der Waals surface area (Å²) in [6.45, 7) is 4.55. The Morgan fingerprint density at radius 3 is 2.40 bits per heavy atom. The second kappa shape index (κ2) is 6.39. The summed E-state index contributed by atoms with van der Waals surface area (Å²) in [5.74, 6) is -2.36. The Bertz CT molecular complexity index is 881. The van der Waals surface area contributed by atoms with E-state index in [1.165, 1.54) is 18.2 Å². The lowest BCUT2D eigenvalue weighted by Crippen LogP contribution is -2.22. The number of carboxylic acid groups (broad SMARTS) is 1. The van der Waals surface area contributed by atoms with Crippen molar-refractivity contribution in [1.82, 2.24) is 0 Å². The molecule has 0 saturated carbocycles. The van der Waals surface area contributed by atoms with Crippen LogP contribution in [0.25, 0.3) is 10.8 Å². The molecule has 0 aliphatic heterocycles. The first kappa shape index (κ1) is 18.2. The van der Waals surface area contributed by atoms with Crippen LogP contribution in [-0.4, -0.2) is 27.1 Å². The SMILES string of the molecule is CC(C)(C)C(=O)OCc1cc2c(C(=O)O)c(O)ccc2cc1[N+](=O)[O-]. The third-order valence-corrected chi connectivity index (χ3v) is 3.58. The number of benzene rings is 2. The molecule has 0 aliphatic rings. The highest BCUT2D eigenvalue weighted by Crippen LogP contribution is 2.33. The Labute approximate surface area is 142 Å². The molecule has 0 unspecified atom stereocenters. The van der Waals surface area contributed by atoms with Crippen LogP contribution < -0.4 is 0 Å². The lowest BCUT2D eigenvalue weighted by Gasteiger charge is -2.17. The lowest BCUT2D eigenvalue weighted by molar-refractivity contribution is -0.385. The van der Waals surface area contributed by atoms with Crippen molar-refractivity contribution in [2.75, 3.05) is 0 Å². The minimum atomic E-state index is -1.37. The number of hydrogen-bond donors (Lipinski definition) is 2. The number of esters is 1. The molecule has 8 nitrogen and oxygen atoms in total. The standard InChI is InChI=1S/C17H17NO7/c1-17(2,3)16(22)25-8-10-6-11-9(7-12(10)18(23)24)4-5-13(19)14(11)15(20)21/h4-7,19H,8H2,1-3H3,(H,20,21). The number of carbonyl (C=O) groups is 2. The van der Waals surface area contributed by atoms with E-state index in [0.29, 0.717) is 0 Å². The normalized spacial score (nSPS) is 11.3. The van der Waals surface area contributed by atoms with E-state index in [0.717, 1.165) is 6.07 Å². The molecule has 0 aliphatic carbocycles. The van der Waals surface area contributed by atoms with E-state index in [1.807, 2.05) is 0 Å². The zero-order valence-corrected chi connectivity index (χ0v) is 13.9. The number of aromatic hydroxyl groups is 1. The maximum Gasteiger partial charge on any atom is 0.340 e. The Morgan fingerprint density at radius 2 is 1.88 bits per heavy atom. The Balaban J connectivity index is 2.59. The smallest absolute Gasteiger partial charge is 0.340 e. The molecule has 2 rings (SSSR count). The number of rotatable bonds is 4. The molecule has 0 spiro atoms. The quantitative estimate of drug-likeness (QED) is 0.493. The fourth-order valence-electron chi connectivity index (χ4n) is 2.26. The predicted molar refractivity (Wildman–Crippen MR) is 88.5 cm³/mol. The van der Waals surface area contributed by atoms with E-state index in [-0.39, 0.29) is 34.2 Å². The number of phenols is 1. The molecule has 25 heavy (non-hydrogen) atoms. The minimum Gasteiger partial charge on any atom is -0.507 e. The topological polar surface area (TPSA) is 127 Å². The molecule has 0 saturated heterocycles. The average molecular weight is 347 g/mol. The second-order valence-corrected chi connectivity index (χ2v) is 6.55. The van der Waals surface area contributed by atoms with Crippen LogP contribution in [0, 0.1) is 15.5 Å². The van der Waals surface area contributed by atoms with Crippen LogP contribution in [0.5, 0.6) is 5.75 Å². The average Bonchev–Trinajstić information content (AvgIpc) is 2.49. The molecule has 0 aromatic heterocycles. The van der Waals surface area contributed by atoms with Crippen molar-refractivity contribution >= 4 is 28.4 Å². The number of fused-ring (bicyclic) bond motifs is 1. The highest BCUT2D eigenvalue weighted by molar-refractivity contribution is 6.07. The molecule has 0 bridgehead atoms. The predicted octanol–water partition coefficient (Wildman–Crippen LogP) is 3.24. The van der Waals surface area contributed by atoms with Crippen molar-refractivity contribution in [3.8, 4) is 5.75 Å². The van der Waals surface area contributed by atoms with Crippen LogP contribution in [0.4, 0.5) is 5.69 Å². The number of aromatic carboxylic acids is 1. The van der Waals surface area contributed by atoms with Gasteiger partial charge in [0, 0.05) is 11.5 Å². The molecule has 0 heterocycles. The summed E-state index contributed by atoms with van der Waals surface area (Å²) in [5.41, 5.74) is -1.40.